The van der Waals surface area contributed by atoms with Gasteiger partial charge in [0, 0.05) is 31.8 Å². The van der Waals surface area contributed by atoms with Crippen molar-refractivity contribution in [2.75, 3.05) is 13.1 Å². The summed E-state index contributed by atoms with van der Waals surface area (Å²) in [7, 11) is 0. The topological polar surface area (TPSA) is 40.5 Å². The number of unbranched alkanes of at least 4 members (excludes halogenated alkanes) is 2. The summed E-state index contributed by atoms with van der Waals surface area (Å²) in [6, 6.07) is 0. The van der Waals surface area contributed by atoms with Gasteiger partial charge >= 0.3 is 0 Å². The van der Waals surface area contributed by atoms with Gasteiger partial charge in [0.1, 0.15) is 0 Å². The molecule has 1 N–H and O–H groups in total. The summed E-state index contributed by atoms with van der Waals surface area (Å²) >= 11 is 0. The molecule has 1 rings (SSSR count). The zero-order chi connectivity index (χ0) is 12.0. The van der Waals surface area contributed by atoms with Crippen LogP contribution < -0.4 is 0 Å². The van der Waals surface area contributed by atoms with Crippen LogP contribution in [0.1, 0.15) is 39.0 Å². The molecule has 1 saturated heterocycles. The van der Waals surface area contributed by atoms with Crippen LogP contribution in [-0.4, -0.2) is 35.1 Å². The first-order valence-corrected chi connectivity index (χ1v) is 6.04. The number of nitrogens with zero attached hydrogens (tertiary/aromatic N) is 1. The third-order valence-corrected chi connectivity index (χ3v) is 3.22. The SMILES string of the molecule is C#CCCCCC(=O)N1CCC(C(C)O)C1. The molecule has 3 nitrogen and oxygen atoms in total. The Morgan fingerprint density at radius 3 is 2.94 bits per heavy atom. The fourth-order valence-corrected chi connectivity index (χ4v) is 2.07. The van der Waals surface area contributed by atoms with E-state index in [1.165, 1.54) is 0 Å². The van der Waals surface area contributed by atoms with E-state index in [0.717, 1.165) is 32.2 Å². The van der Waals surface area contributed by atoms with Crippen LogP contribution in [0.2, 0.25) is 0 Å². The van der Waals surface area contributed by atoms with Crippen LogP contribution in [0.4, 0.5) is 0 Å². The molecule has 1 aliphatic rings. The molecule has 2 unspecified atom stereocenters. The van der Waals surface area contributed by atoms with E-state index in [2.05, 4.69) is 5.92 Å². The van der Waals surface area contributed by atoms with Crippen molar-refractivity contribution in [2.24, 2.45) is 5.92 Å². The molecule has 1 fully saturated rings. The number of carbonyl (C=O) groups is 1. The van der Waals surface area contributed by atoms with Crippen LogP contribution in [0.15, 0.2) is 0 Å². The van der Waals surface area contributed by atoms with E-state index in [-0.39, 0.29) is 17.9 Å². The molecule has 1 aliphatic heterocycles. The van der Waals surface area contributed by atoms with E-state index >= 15 is 0 Å². The second-order valence-electron chi connectivity index (χ2n) is 4.54. The third-order valence-electron chi connectivity index (χ3n) is 3.22. The van der Waals surface area contributed by atoms with Gasteiger partial charge in [-0.05, 0) is 26.2 Å². The molecule has 3 heteroatoms. The Bertz CT molecular complexity index is 268. The second-order valence-corrected chi connectivity index (χ2v) is 4.54. The molecule has 90 valence electrons. The highest BCUT2D eigenvalue weighted by atomic mass is 16.3. The van der Waals surface area contributed by atoms with E-state index in [1.54, 1.807) is 6.92 Å². The van der Waals surface area contributed by atoms with Gasteiger partial charge in [-0.25, -0.2) is 0 Å². The summed E-state index contributed by atoms with van der Waals surface area (Å²) in [6.45, 7) is 3.31. The summed E-state index contributed by atoms with van der Waals surface area (Å²) in [5.74, 6) is 3.04. The van der Waals surface area contributed by atoms with E-state index in [0.29, 0.717) is 13.0 Å². The normalized spacial score (nSPS) is 21.8. The molecule has 0 aromatic carbocycles. The van der Waals surface area contributed by atoms with Crippen molar-refractivity contribution < 1.29 is 9.90 Å². The first kappa shape index (κ1) is 13.1. The highest BCUT2D eigenvalue weighted by Gasteiger charge is 2.28. The monoisotopic (exact) mass is 223 g/mol. The van der Waals surface area contributed by atoms with Crippen LogP contribution in [-0.2, 0) is 4.79 Å². The summed E-state index contributed by atoms with van der Waals surface area (Å²) in [6.07, 6.45) is 8.91. The number of carbonyl (C=O) groups excluding carboxylic acids is 1. The quantitative estimate of drug-likeness (QED) is 0.565. The lowest BCUT2D eigenvalue weighted by molar-refractivity contribution is -0.130. The number of rotatable bonds is 5. The Morgan fingerprint density at radius 2 is 2.38 bits per heavy atom. The molecule has 0 spiro atoms. The fourth-order valence-electron chi connectivity index (χ4n) is 2.07. The van der Waals surface area contributed by atoms with Crippen molar-refractivity contribution in [3.63, 3.8) is 0 Å². The van der Waals surface area contributed by atoms with Gasteiger partial charge in [0.25, 0.3) is 0 Å². The molecule has 0 aromatic heterocycles. The number of aliphatic hydroxyl groups excluding tert-OH is 1. The molecule has 1 heterocycles. The van der Waals surface area contributed by atoms with Crippen LogP contribution >= 0.6 is 0 Å². The predicted octanol–water partition coefficient (Wildman–Crippen LogP) is 1.41. The molecule has 0 radical (unpaired) electrons. The van der Waals surface area contributed by atoms with Crippen molar-refractivity contribution in [3.8, 4) is 12.3 Å². The number of amides is 1. The number of aliphatic hydroxyl groups is 1. The van der Waals surface area contributed by atoms with Gasteiger partial charge < -0.3 is 10.0 Å². The Balaban J connectivity index is 2.21. The Kier molecular flexibility index (Phi) is 5.34. The number of terminal acetylenes is 1. The lowest BCUT2D eigenvalue weighted by Gasteiger charge is -2.17. The van der Waals surface area contributed by atoms with E-state index in [1.807, 2.05) is 4.90 Å². The van der Waals surface area contributed by atoms with E-state index in [4.69, 9.17) is 6.42 Å². The highest BCUT2D eigenvalue weighted by Crippen LogP contribution is 2.20. The smallest absolute Gasteiger partial charge is 0.222 e. The fraction of sp³-hybridized carbons (Fsp3) is 0.769. The average molecular weight is 223 g/mol. The molecule has 0 saturated carbocycles. The van der Waals surface area contributed by atoms with Crippen molar-refractivity contribution in [2.45, 2.75) is 45.1 Å². The summed E-state index contributed by atoms with van der Waals surface area (Å²) in [5.41, 5.74) is 0. The van der Waals surface area contributed by atoms with Crippen LogP contribution in [0, 0.1) is 18.3 Å². The van der Waals surface area contributed by atoms with Crippen molar-refractivity contribution in [1.29, 1.82) is 0 Å². The molecular formula is C13H21NO2. The Labute approximate surface area is 97.8 Å². The second kappa shape index (κ2) is 6.55. The van der Waals surface area contributed by atoms with Crippen LogP contribution in [0.25, 0.3) is 0 Å². The standard InChI is InChI=1S/C13H21NO2/c1-3-4-5-6-7-13(16)14-9-8-12(10-14)11(2)15/h1,11-12,15H,4-10H2,2H3. The summed E-state index contributed by atoms with van der Waals surface area (Å²) < 4.78 is 0. The lowest BCUT2D eigenvalue weighted by atomic mass is 10.0. The van der Waals surface area contributed by atoms with Gasteiger partial charge in [-0.2, -0.15) is 0 Å². The Morgan fingerprint density at radius 1 is 1.62 bits per heavy atom. The van der Waals surface area contributed by atoms with Crippen molar-refractivity contribution in [1.82, 2.24) is 4.90 Å². The van der Waals surface area contributed by atoms with E-state index in [9.17, 15) is 9.90 Å². The van der Waals surface area contributed by atoms with Gasteiger partial charge in [-0.1, -0.05) is 0 Å². The molecule has 0 bridgehead atoms. The zero-order valence-electron chi connectivity index (χ0n) is 9.98. The number of hydrogen-bond donors (Lipinski definition) is 1. The third kappa shape index (κ3) is 3.86. The first-order valence-electron chi connectivity index (χ1n) is 6.04. The molecule has 2 atom stereocenters. The summed E-state index contributed by atoms with van der Waals surface area (Å²) in [5, 5.41) is 9.44. The van der Waals surface area contributed by atoms with Gasteiger partial charge in [-0.3, -0.25) is 4.79 Å². The maximum absolute atomic E-state index is 11.8. The largest absolute Gasteiger partial charge is 0.393 e. The zero-order valence-corrected chi connectivity index (χ0v) is 9.98. The van der Waals surface area contributed by atoms with E-state index < -0.39 is 0 Å². The molecule has 16 heavy (non-hydrogen) atoms. The van der Waals surface area contributed by atoms with Crippen molar-refractivity contribution in [3.05, 3.63) is 0 Å². The number of hydrogen-bond acceptors (Lipinski definition) is 2. The minimum absolute atomic E-state index is 0.208. The van der Waals surface area contributed by atoms with Gasteiger partial charge in [0.15, 0.2) is 0 Å². The average Bonchev–Trinajstić information content (AvgIpc) is 2.73. The summed E-state index contributed by atoms with van der Waals surface area (Å²) in [4.78, 5) is 13.6. The first-order chi connectivity index (χ1) is 7.65. The minimum Gasteiger partial charge on any atom is -0.393 e. The number of likely N-dealkylation sites (tertiary alicyclic amines) is 1. The predicted molar refractivity (Wildman–Crippen MR) is 63.7 cm³/mol. The molecular weight excluding hydrogens is 202 g/mol. The molecule has 1 amide bonds. The molecule has 0 aromatic rings. The minimum atomic E-state index is -0.306. The van der Waals surface area contributed by atoms with Crippen molar-refractivity contribution >= 4 is 5.91 Å². The highest BCUT2D eigenvalue weighted by molar-refractivity contribution is 5.76. The van der Waals surface area contributed by atoms with Crippen LogP contribution in [0.5, 0.6) is 0 Å². The van der Waals surface area contributed by atoms with Gasteiger partial charge in [-0.15, -0.1) is 12.3 Å². The van der Waals surface area contributed by atoms with Gasteiger partial charge in [0.05, 0.1) is 6.10 Å². The van der Waals surface area contributed by atoms with Gasteiger partial charge in [0.2, 0.25) is 5.91 Å². The lowest BCUT2D eigenvalue weighted by Crippen LogP contribution is -2.30. The Hall–Kier alpha value is -1.01. The molecule has 0 aliphatic carbocycles. The van der Waals surface area contributed by atoms with Crippen LogP contribution in [0.3, 0.4) is 0 Å². The maximum atomic E-state index is 11.8. The maximum Gasteiger partial charge on any atom is 0.222 e.